The van der Waals surface area contributed by atoms with E-state index in [1.165, 1.54) is 11.8 Å². The molecule has 1 unspecified atom stereocenters. The van der Waals surface area contributed by atoms with Crippen molar-refractivity contribution in [2.24, 2.45) is 0 Å². The molecule has 1 aliphatic rings. The predicted molar refractivity (Wildman–Crippen MR) is 99.7 cm³/mol. The van der Waals surface area contributed by atoms with E-state index in [-0.39, 0.29) is 11.2 Å². The Morgan fingerprint density at radius 1 is 1.27 bits per heavy atom. The van der Waals surface area contributed by atoms with Crippen molar-refractivity contribution in [1.29, 1.82) is 0 Å². The van der Waals surface area contributed by atoms with Crippen molar-refractivity contribution in [2.75, 3.05) is 6.61 Å². The van der Waals surface area contributed by atoms with Crippen LogP contribution in [0.15, 0.2) is 42.6 Å². The summed E-state index contributed by atoms with van der Waals surface area (Å²) in [4.78, 5) is 16.0. The molecule has 1 amide bonds. The molecular weight excluding hydrogens is 352 g/mol. The highest BCUT2D eigenvalue weighted by Crippen LogP contribution is 2.25. The van der Waals surface area contributed by atoms with Crippen LogP contribution in [0.3, 0.4) is 0 Å². The summed E-state index contributed by atoms with van der Waals surface area (Å²) in [6.07, 6.45) is 2.43. The number of nitrogens with zero attached hydrogens (tertiary/aromatic N) is 1. The molecule has 3 rings (SSSR count). The molecule has 3 N–H and O–H groups in total. The van der Waals surface area contributed by atoms with Gasteiger partial charge in [0.05, 0.1) is 18.0 Å². The SMILES string of the molecule is C[C@@H](O)c1ccc(CCOc2ccc(C[C@@H]3SC(O)NC3=O)cc2)nc1. The van der Waals surface area contributed by atoms with E-state index in [9.17, 15) is 15.0 Å². The van der Waals surface area contributed by atoms with Gasteiger partial charge in [-0.1, -0.05) is 30.0 Å². The highest BCUT2D eigenvalue weighted by atomic mass is 32.2. The van der Waals surface area contributed by atoms with Gasteiger partial charge in [0.1, 0.15) is 5.75 Å². The second kappa shape index (κ2) is 8.53. The quantitative estimate of drug-likeness (QED) is 0.685. The lowest BCUT2D eigenvalue weighted by atomic mass is 10.1. The lowest BCUT2D eigenvalue weighted by Gasteiger charge is -2.09. The van der Waals surface area contributed by atoms with Gasteiger partial charge in [0.15, 0.2) is 5.56 Å². The first kappa shape index (κ1) is 18.7. The standard InChI is InChI=1S/C19H22N2O4S/c1-12(22)14-4-5-15(20-11-14)8-9-25-16-6-2-13(3-7-16)10-17-18(23)21-19(24)26-17/h2-7,11-12,17,19,22,24H,8-10H2,1H3,(H,21,23)/t12-,17+,19?/m1/s1. The van der Waals surface area contributed by atoms with Gasteiger partial charge in [0.2, 0.25) is 5.91 Å². The van der Waals surface area contributed by atoms with Gasteiger partial charge in [0.25, 0.3) is 0 Å². The zero-order valence-electron chi connectivity index (χ0n) is 14.5. The molecule has 0 radical (unpaired) electrons. The molecule has 26 heavy (non-hydrogen) atoms. The first-order chi connectivity index (χ1) is 12.5. The van der Waals surface area contributed by atoms with Crippen LogP contribution in [0.2, 0.25) is 0 Å². The molecule has 1 fully saturated rings. The van der Waals surface area contributed by atoms with Gasteiger partial charge in [-0.15, -0.1) is 0 Å². The fourth-order valence-corrected chi connectivity index (χ4v) is 3.62. The van der Waals surface area contributed by atoms with Crippen LogP contribution in [0.5, 0.6) is 5.75 Å². The van der Waals surface area contributed by atoms with Crippen molar-refractivity contribution in [3.8, 4) is 5.75 Å². The van der Waals surface area contributed by atoms with Gasteiger partial charge in [0, 0.05) is 18.3 Å². The number of nitrogens with one attached hydrogen (secondary N) is 1. The van der Waals surface area contributed by atoms with Gasteiger partial charge in [-0.3, -0.25) is 9.78 Å². The molecule has 3 atom stereocenters. The Labute approximate surface area is 156 Å². The number of rotatable bonds is 7. The number of hydrogen-bond donors (Lipinski definition) is 3. The van der Waals surface area contributed by atoms with Gasteiger partial charge < -0.3 is 20.3 Å². The normalized spacial score (nSPS) is 20.7. The van der Waals surface area contributed by atoms with E-state index in [4.69, 9.17) is 4.74 Å². The molecule has 2 aromatic rings. The van der Waals surface area contributed by atoms with Crippen LogP contribution in [0.1, 0.15) is 29.8 Å². The van der Waals surface area contributed by atoms with Crippen molar-refractivity contribution >= 4 is 17.7 Å². The summed E-state index contributed by atoms with van der Waals surface area (Å²) in [7, 11) is 0. The van der Waals surface area contributed by atoms with E-state index >= 15 is 0 Å². The van der Waals surface area contributed by atoms with Crippen molar-refractivity contribution < 1.29 is 19.7 Å². The number of thioether (sulfide) groups is 1. The molecule has 1 saturated heterocycles. The summed E-state index contributed by atoms with van der Waals surface area (Å²) in [6.45, 7) is 2.22. The maximum absolute atomic E-state index is 11.7. The van der Waals surface area contributed by atoms with Gasteiger partial charge in [-0.25, -0.2) is 0 Å². The summed E-state index contributed by atoms with van der Waals surface area (Å²) in [5, 5.41) is 21.1. The van der Waals surface area contributed by atoms with E-state index in [0.29, 0.717) is 19.4 Å². The van der Waals surface area contributed by atoms with Crippen LogP contribution in [0.4, 0.5) is 0 Å². The number of ether oxygens (including phenoxy) is 1. The van der Waals surface area contributed by atoms with Crippen molar-refractivity contribution in [2.45, 2.75) is 36.7 Å². The molecular formula is C19H22N2O4S. The number of pyridine rings is 1. The second-order valence-corrected chi connectivity index (χ2v) is 7.48. The summed E-state index contributed by atoms with van der Waals surface area (Å²) in [5.74, 6) is 0.634. The van der Waals surface area contributed by atoms with Crippen LogP contribution in [-0.2, 0) is 17.6 Å². The van der Waals surface area contributed by atoms with Crippen LogP contribution in [0, 0.1) is 0 Å². The number of amides is 1. The number of carbonyl (C=O) groups is 1. The maximum Gasteiger partial charge on any atom is 0.236 e. The Balaban J connectivity index is 1.46. The Morgan fingerprint density at radius 3 is 2.62 bits per heavy atom. The Kier molecular flexibility index (Phi) is 6.13. The van der Waals surface area contributed by atoms with E-state index in [2.05, 4.69) is 10.3 Å². The largest absolute Gasteiger partial charge is 0.493 e. The van der Waals surface area contributed by atoms with E-state index < -0.39 is 11.7 Å². The third-order valence-corrected chi connectivity index (χ3v) is 5.24. The summed E-state index contributed by atoms with van der Waals surface area (Å²) >= 11 is 1.23. The highest BCUT2D eigenvalue weighted by Gasteiger charge is 2.31. The van der Waals surface area contributed by atoms with Crippen molar-refractivity contribution in [3.63, 3.8) is 0 Å². The van der Waals surface area contributed by atoms with Crippen molar-refractivity contribution in [1.82, 2.24) is 10.3 Å². The lowest BCUT2D eigenvalue weighted by Crippen LogP contribution is -2.27. The first-order valence-electron chi connectivity index (χ1n) is 8.50. The molecule has 0 bridgehead atoms. The van der Waals surface area contributed by atoms with Gasteiger partial charge >= 0.3 is 0 Å². The fraction of sp³-hybridized carbons (Fsp3) is 0.368. The van der Waals surface area contributed by atoms with E-state index in [0.717, 1.165) is 22.6 Å². The molecule has 6 nitrogen and oxygen atoms in total. The van der Waals surface area contributed by atoms with Crippen LogP contribution in [0.25, 0.3) is 0 Å². The molecule has 0 saturated carbocycles. The summed E-state index contributed by atoms with van der Waals surface area (Å²) in [6, 6.07) is 11.4. The number of carbonyl (C=O) groups excluding carboxylic acids is 1. The third-order valence-electron chi connectivity index (χ3n) is 4.15. The monoisotopic (exact) mass is 374 g/mol. The minimum Gasteiger partial charge on any atom is -0.493 e. The number of hydrogen-bond acceptors (Lipinski definition) is 6. The average Bonchev–Trinajstić information content (AvgIpc) is 2.94. The van der Waals surface area contributed by atoms with Crippen LogP contribution < -0.4 is 10.1 Å². The molecule has 0 aliphatic carbocycles. The second-order valence-electron chi connectivity index (χ2n) is 6.19. The molecule has 7 heteroatoms. The van der Waals surface area contributed by atoms with Crippen molar-refractivity contribution in [3.05, 3.63) is 59.4 Å². The molecule has 1 aromatic carbocycles. The molecule has 138 valence electrons. The number of benzene rings is 1. The topological polar surface area (TPSA) is 91.7 Å². The van der Waals surface area contributed by atoms with Crippen LogP contribution in [-0.4, -0.2) is 38.5 Å². The number of aliphatic hydroxyl groups is 2. The van der Waals surface area contributed by atoms with Crippen LogP contribution >= 0.6 is 11.8 Å². The summed E-state index contributed by atoms with van der Waals surface area (Å²) in [5.41, 5.74) is 1.92. The molecule has 1 aromatic heterocycles. The minimum atomic E-state index is -0.807. The Morgan fingerprint density at radius 2 is 2.04 bits per heavy atom. The van der Waals surface area contributed by atoms with Gasteiger partial charge in [-0.05, 0) is 42.7 Å². The minimum absolute atomic E-state index is 0.128. The third kappa shape index (κ3) is 4.97. The maximum atomic E-state index is 11.7. The Hall–Kier alpha value is -2.09. The first-order valence-corrected chi connectivity index (χ1v) is 9.44. The Bertz CT molecular complexity index is 734. The zero-order chi connectivity index (χ0) is 18.5. The molecule has 2 heterocycles. The average molecular weight is 374 g/mol. The lowest BCUT2D eigenvalue weighted by molar-refractivity contribution is -0.121. The smallest absolute Gasteiger partial charge is 0.236 e. The van der Waals surface area contributed by atoms with Gasteiger partial charge in [-0.2, -0.15) is 0 Å². The highest BCUT2D eigenvalue weighted by molar-refractivity contribution is 8.01. The molecule has 1 aliphatic heterocycles. The molecule has 0 spiro atoms. The summed E-state index contributed by atoms with van der Waals surface area (Å²) < 4.78 is 5.74. The fourth-order valence-electron chi connectivity index (χ4n) is 2.65. The number of aromatic nitrogens is 1. The van der Waals surface area contributed by atoms with E-state index in [1.54, 1.807) is 13.1 Å². The van der Waals surface area contributed by atoms with E-state index in [1.807, 2.05) is 36.4 Å². The number of aliphatic hydroxyl groups excluding tert-OH is 2. The zero-order valence-corrected chi connectivity index (χ0v) is 15.3. The predicted octanol–water partition coefficient (Wildman–Crippen LogP) is 1.81.